The van der Waals surface area contributed by atoms with Crippen LogP contribution in [0.4, 0.5) is 23.0 Å². The molecule has 2 aliphatic heterocycles. The number of benzene rings is 2. The van der Waals surface area contributed by atoms with E-state index in [1.165, 1.54) is 0 Å². The largest absolute Gasteiger partial charge is 0.489 e. The van der Waals surface area contributed by atoms with Crippen LogP contribution in [0.3, 0.4) is 0 Å². The van der Waals surface area contributed by atoms with E-state index in [4.69, 9.17) is 9.47 Å². The molecule has 0 bridgehead atoms. The lowest BCUT2D eigenvalue weighted by Gasteiger charge is -2.31. The molecule has 3 aromatic rings. The van der Waals surface area contributed by atoms with Crippen LogP contribution in [0.1, 0.15) is 12.8 Å². The number of fused-ring (bicyclic) bond motifs is 1. The highest BCUT2D eigenvalue weighted by Gasteiger charge is 2.22. The van der Waals surface area contributed by atoms with Crippen molar-refractivity contribution < 1.29 is 14.3 Å². The highest BCUT2D eigenvalue weighted by molar-refractivity contribution is 5.95. The minimum absolute atomic E-state index is 0.0135. The van der Waals surface area contributed by atoms with Crippen molar-refractivity contribution >= 4 is 28.9 Å². The van der Waals surface area contributed by atoms with E-state index in [-0.39, 0.29) is 11.9 Å². The number of ether oxygens (including phenoxy) is 2. The van der Waals surface area contributed by atoms with Gasteiger partial charge in [-0.15, -0.1) is 0 Å². The summed E-state index contributed by atoms with van der Waals surface area (Å²) >= 11 is 0. The van der Waals surface area contributed by atoms with Crippen molar-refractivity contribution in [1.82, 2.24) is 15.3 Å². The van der Waals surface area contributed by atoms with Gasteiger partial charge in [0.05, 0.1) is 30.6 Å². The summed E-state index contributed by atoms with van der Waals surface area (Å²) in [5.41, 5.74) is 4.42. The van der Waals surface area contributed by atoms with E-state index in [9.17, 15) is 4.79 Å². The Bertz CT molecular complexity index is 1160. The second-order valence-corrected chi connectivity index (χ2v) is 8.62. The first-order valence-corrected chi connectivity index (χ1v) is 11.9. The lowest BCUT2D eigenvalue weighted by atomic mass is 10.1. The van der Waals surface area contributed by atoms with E-state index < -0.39 is 0 Å². The van der Waals surface area contributed by atoms with Crippen LogP contribution in [0.25, 0.3) is 11.3 Å². The second-order valence-electron chi connectivity index (χ2n) is 8.62. The molecule has 2 aliphatic rings. The van der Waals surface area contributed by atoms with Gasteiger partial charge in [-0.1, -0.05) is 12.1 Å². The molecule has 0 aliphatic carbocycles. The number of nitrogens with one attached hydrogen (secondary N) is 3. The minimum Gasteiger partial charge on any atom is -0.489 e. The van der Waals surface area contributed by atoms with Gasteiger partial charge in [0.15, 0.2) is 0 Å². The SMILES string of the molecule is COCCN1CCOc2cc(Nc3nccc(-c4ccc(NC(=O)C5CCCN5)cc4)n3)ccc21. The molecule has 5 rings (SSSR count). The van der Waals surface area contributed by atoms with Crippen molar-refractivity contribution in [3.05, 3.63) is 54.7 Å². The lowest BCUT2D eigenvalue weighted by Crippen LogP contribution is -2.35. The van der Waals surface area contributed by atoms with Gasteiger partial charge in [-0.25, -0.2) is 9.97 Å². The molecule has 1 saturated heterocycles. The summed E-state index contributed by atoms with van der Waals surface area (Å²) in [5, 5.41) is 9.47. The van der Waals surface area contributed by atoms with Gasteiger partial charge in [0, 0.05) is 42.9 Å². The van der Waals surface area contributed by atoms with Crippen LogP contribution in [-0.2, 0) is 9.53 Å². The Morgan fingerprint density at radius 3 is 2.86 bits per heavy atom. The Morgan fingerprint density at radius 1 is 1.20 bits per heavy atom. The van der Waals surface area contributed by atoms with Gasteiger partial charge in [-0.3, -0.25) is 4.79 Å². The highest BCUT2D eigenvalue weighted by atomic mass is 16.5. The van der Waals surface area contributed by atoms with Crippen LogP contribution in [0.2, 0.25) is 0 Å². The van der Waals surface area contributed by atoms with E-state index in [2.05, 4.69) is 30.8 Å². The van der Waals surface area contributed by atoms with Crippen molar-refractivity contribution in [3.63, 3.8) is 0 Å². The average Bonchev–Trinajstić information content (AvgIpc) is 3.43. The van der Waals surface area contributed by atoms with Crippen molar-refractivity contribution in [2.45, 2.75) is 18.9 Å². The second kappa shape index (κ2) is 10.7. The van der Waals surface area contributed by atoms with Gasteiger partial charge >= 0.3 is 0 Å². The molecule has 1 aromatic heterocycles. The zero-order valence-electron chi connectivity index (χ0n) is 19.8. The molecule has 9 nitrogen and oxygen atoms in total. The number of methoxy groups -OCH3 is 1. The molecule has 0 saturated carbocycles. The van der Waals surface area contributed by atoms with Crippen LogP contribution in [0.15, 0.2) is 54.7 Å². The molecule has 1 amide bonds. The van der Waals surface area contributed by atoms with E-state index in [1.807, 2.05) is 48.5 Å². The summed E-state index contributed by atoms with van der Waals surface area (Å²) in [4.78, 5) is 23.6. The number of anilines is 4. The lowest BCUT2D eigenvalue weighted by molar-refractivity contribution is -0.117. The first kappa shape index (κ1) is 23.1. The molecule has 3 N–H and O–H groups in total. The van der Waals surface area contributed by atoms with E-state index in [0.29, 0.717) is 19.2 Å². The van der Waals surface area contributed by atoms with Crippen LogP contribution in [-0.4, -0.2) is 61.9 Å². The summed E-state index contributed by atoms with van der Waals surface area (Å²) in [7, 11) is 1.71. The molecular formula is C26H30N6O3. The fourth-order valence-electron chi connectivity index (χ4n) is 4.36. The first-order chi connectivity index (χ1) is 17.2. The van der Waals surface area contributed by atoms with Gasteiger partial charge in [0.2, 0.25) is 11.9 Å². The smallest absolute Gasteiger partial charge is 0.241 e. The molecule has 0 radical (unpaired) electrons. The topological polar surface area (TPSA) is 101 Å². The molecule has 182 valence electrons. The summed E-state index contributed by atoms with van der Waals surface area (Å²) in [5.74, 6) is 1.35. The Hall–Kier alpha value is -3.69. The summed E-state index contributed by atoms with van der Waals surface area (Å²) in [6, 6.07) is 15.5. The quantitative estimate of drug-likeness (QED) is 0.457. The van der Waals surface area contributed by atoms with E-state index in [1.54, 1.807) is 13.3 Å². The maximum absolute atomic E-state index is 12.3. The molecule has 0 spiro atoms. The number of hydrogen-bond acceptors (Lipinski definition) is 8. The average molecular weight is 475 g/mol. The van der Waals surface area contributed by atoms with Crippen molar-refractivity contribution in [1.29, 1.82) is 0 Å². The van der Waals surface area contributed by atoms with E-state index >= 15 is 0 Å². The van der Waals surface area contributed by atoms with Gasteiger partial charge < -0.3 is 30.3 Å². The van der Waals surface area contributed by atoms with Crippen LogP contribution in [0, 0.1) is 0 Å². The standard InChI is InChI=1S/C26H30N6O3/c1-34-15-13-32-14-16-35-24-17-20(8-9-23(24)32)30-26-28-12-10-21(31-26)18-4-6-19(7-5-18)29-25(33)22-3-2-11-27-22/h4-10,12,17,22,27H,2-3,11,13-16H2,1H3,(H,29,33)(H,28,30,31). The van der Waals surface area contributed by atoms with Gasteiger partial charge in [0.1, 0.15) is 12.4 Å². The zero-order chi connectivity index (χ0) is 24.0. The molecule has 1 atom stereocenters. The van der Waals surface area contributed by atoms with Crippen LogP contribution in [0.5, 0.6) is 5.75 Å². The molecular weight excluding hydrogens is 444 g/mol. The Morgan fingerprint density at radius 2 is 2.06 bits per heavy atom. The summed E-state index contributed by atoms with van der Waals surface area (Å²) < 4.78 is 11.1. The van der Waals surface area contributed by atoms with Gasteiger partial charge in [-0.05, 0) is 49.7 Å². The Labute approximate surface area is 204 Å². The molecule has 1 unspecified atom stereocenters. The molecule has 35 heavy (non-hydrogen) atoms. The van der Waals surface area contributed by atoms with Crippen LogP contribution < -0.4 is 25.6 Å². The third-order valence-electron chi connectivity index (χ3n) is 6.22. The Kier molecular flexibility index (Phi) is 7.06. The number of hydrogen-bond donors (Lipinski definition) is 3. The fourth-order valence-corrected chi connectivity index (χ4v) is 4.36. The predicted molar refractivity (Wildman–Crippen MR) is 136 cm³/mol. The third-order valence-corrected chi connectivity index (χ3v) is 6.22. The van der Waals surface area contributed by atoms with Crippen LogP contribution >= 0.6 is 0 Å². The summed E-state index contributed by atoms with van der Waals surface area (Å²) in [6.07, 6.45) is 3.64. The van der Waals surface area contributed by atoms with Crippen molar-refractivity contribution in [2.24, 2.45) is 0 Å². The van der Waals surface area contributed by atoms with E-state index in [0.717, 1.165) is 66.5 Å². The number of carbonyl (C=O) groups is 1. The molecule has 2 aromatic carbocycles. The number of amides is 1. The molecule has 3 heterocycles. The maximum atomic E-state index is 12.3. The third kappa shape index (κ3) is 5.52. The first-order valence-electron chi connectivity index (χ1n) is 11.9. The number of carbonyl (C=O) groups excluding carboxylic acids is 1. The number of nitrogens with zero attached hydrogens (tertiary/aromatic N) is 3. The maximum Gasteiger partial charge on any atom is 0.241 e. The molecule has 1 fully saturated rings. The summed E-state index contributed by atoms with van der Waals surface area (Å²) in [6.45, 7) is 3.87. The number of aromatic nitrogens is 2. The highest BCUT2D eigenvalue weighted by Crippen LogP contribution is 2.34. The van der Waals surface area contributed by atoms with Crippen molar-refractivity contribution in [3.8, 4) is 17.0 Å². The number of rotatable bonds is 8. The Balaban J connectivity index is 1.26. The normalized spacial score (nSPS) is 16.9. The monoisotopic (exact) mass is 474 g/mol. The van der Waals surface area contributed by atoms with Gasteiger partial charge in [0.25, 0.3) is 0 Å². The minimum atomic E-state index is -0.104. The van der Waals surface area contributed by atoms with Gasteiger partial charge in [-0.2, -0.15) is 0 Å². The predicted octanol–water partition coefficient (Wildman–Crippen LogP) is 3.42. The fraction of sp³-hybridized carbons (Fsp3) is 0.346. The zero-order valence-corrected chi connectivity index (χ0v) is 19.8. The van der Waals surface area contributed by atoms with Crippen molar-refractivity contribution in [2.75, 3.05) is 55.5 Å². The molecule has 9 heteroatoms.